The number of hydrogen-bond donors (Lipinski definition) is 2. The zero-order valence-corrected chi connectivity index (χ0v) is 13.3. The molecule has 0 saturated carbocycles. The van der Waals surface area contributed by atoms with Gasteiger partial charge in [-0.25, -0.2) is 8.42 Å². The van der Waals surface area contributed by atoms with E-state index >= 15 is 0 Å². The zero-order valence-electron chi connectivity index (χ0n) is 10.9. The van der Waals surface area contributed by atoms with E-state index in [9.17, 15) is 13.5 Å². The molecule has 0 radical (unpaired) electrons. The lowest BCUT2D eigenvalue weighted by atomic mass is 10.1. The Kier molecular flexibility index (Phi) is 4.01. The number of phenols is 1. The molecule has 5 nitrogen and oxygen atoms in total. The van der Waals surface area contributed by atoms with Crippen molar-refractivity contribution < 1.29 is 13.5 Å². The largest absolute Gasteiger partial charge is 0.508 e. The van der Waals surface area contributed by atoms with Crippen LogP contribution in [0.25, 0.3) is 0 Å². The lowest BCUT2D eigenvalue weighted by Crippen LogP contribution is -2.14. The minimum Gasteiger partial charge on any atom is -0.508 e. The van der Waals surface area contributed by atoms with Crippen LogP contribution in [0.1, 0.15) is 11.1 Å². The highest BCUT2D eigenvalue weighted by Crippen LogP contribution is 2.27. The highest BCUT2D eigenvalue weighted by molar-refractivity contribution is 9.10. The molecule has 0 bridgehead atoms. The van der Waals surface area contributed by atoms with Crippen molar-refractivity contribution in [3.8, 4) is 5.75 Å². The fraction of sp³-hybridized carbons (Fsp3) is 0.154. The van der Waals surface area contributed by atoms with Crippen LogP contribution in [0, 0.1) is 13.8 Å². The Morgan fingerprint density at radius 1 is 1.15 bits per heavy atom. The Morgan fingerprint density at radius 3 is 2.50 bits per heavy atom. The van der Waals surface area contributed by atoms with Gasteiger partial charge < -0.3 is 5.11 Å². The average Bonchev–Trinajstić information content (AvgIpc) is 2.36. The molecule has 2 aromatic rings. The molecular formula is C13H13BrN2O3S. The minimum absolute atomic E-state index is 0.0667. The summed E-state index contributed by atoms with van der Waals surface area (Å²) < 4.78 is 27.6. The number of sulfonamides is 1. The van der Waals surface area contributed by atoms with Gasteiger partial charge in [-0.3, -0.25) is 9.71 Å². The second-order valence-electron chi connectivity index (χ2n) is 4.40. The van der Waals surface area contributed by atoms with E-state index in [1.807, 2.05) is 0 Å². The predicted molar refractivity (Wildman–Crippen MR) is 80.3 cm³/mol. The monoisotopic (exact) mass is 356 g/mol. The van der Waals surface area contributed by atoms with Gasteiger partial charge in [-0.2, -0.15) is 0 Å². The predicted octanol–water partition coefficient (Wildman–Crippen LogP) is 2.97. The second-order valence-corrected chi connectivity index (χ2v) is 7.00. The van der Waals surface area contributed by atoms with Crippen LogP contribution in [0.4, 0.5) is 5.69 Å². The molecule has 1 heterocycles. The first-order chi connectivity index (χ1) is 9.29. The number of aryl methyl sites for hydroxylation is 2. The summed E-state index contributed by atoms with van der Waals surface area (Å²) in [4.78, 5) is 3.91. The van der Waals surface area contributed by atoms with Gasteiger partial charge in [0, 0.05) is 16.9 Å². The van der Waals surface area contributed by atoms with Crippen molar-refractivity contribution in [2.75, 3.05) is 4.72 Å². The highest BCUT2D eigenvalue weighted by Gasteiger charge is 2.16. The molecule has 0 atom stereocenters. The number of hydrogen-bond acceptors (Lipinski definition) is 4. The molecule has 0 saturated heterocycles. The van der Waals surface area contributed by atoms with Crippen LogP contribution in [0.5, 0.6) is 5.75 Å². The normalized spacial score (nSPS) is 11.3. The minimum atomic E-state index is -3.71. The number of anilines is 1. The van der Waals surface area contributed by atoms with Crippen molar-refractivity contribution in [3.05, 3.63) is 46.2 Å². The van der Waals surface area contributed by atoms with E-state index in [2.05, 4.69) is 25.6 Å². The third-order valence-corrected chi connectivity index (χ3v) is 4.54. The Balaban J connectivity index is 2.41. The van der Waals surface area contributed by atoms with Crippen molar-refractivity contribution in [1.82, 2.24) is 4.98 Å². The molecule has 0 aliphatic rings. The quantitative estimate of drug-likeness (QED) is 0.828. The van der Waals surface area contributed by atoms with Crippen LogP contribution in [-0.4, -0.2) is 18.5 Å². The van der Waals surface area contributed by atoms with Gasteiger partial charge in [0.2, 0.25) is 0 Å². The van der Waals surface area contributed by atoms with E-state index < -0.39 is 10.0 Å². The van der Waals surface area contributed by atoms with Crippen molar-refractivity contribution in [3.63, 3.8) is 0 Å². The molecule has 7 heteroatoms. The first-order valence-corrected chi connectivity index (χ1v) is 8.01. The molecule has 1 aromatic heterocycles. The maximum atomic E-state index is 12.3. The van der Waals surface area contributed by atoms with E-state index in [1.165, 1.54) is 24.5 Å². The Bertz CT molecular complexity index is 760. The molecule has 106 valence electrons. The summed E-state index contributed by atoms with van der Waals surface area (Å²) in [6.45, 7) is 3.42. The lowest BCUT2D eigenvalue weighted by Gasteiger charge is -2.12. The average molecular weight is 357 g/mol. The third-order valence-electron chi connectivity index (χ3n) is 2.78. The summed E-state index contributed by atoms with van der Waals surface area (Å²) in [5, 5.41) is 9.58. The van der Waals surface area contributed by atoms with Crippen molar-refractivity contribution >= 4 is 31.6 Å². The summed E-state index contributed by atoms with van der Waals surface area (Å²) >= 11 is 3.19. The van der Waals surface area contributed by atoms with Crippen molar-refractivity contribution in [2.45, 2.75) is 18.7 Å². The Hall–Kier alpha value is -1.60. The van der Waals surface area contributed by atoms with Crippen LogP contribution in [-0.2, 0) is 10.0 Å². The molecule has 0 amide bonds. The van der Waals surface area contributed by atoms with Gasteiger partial charge in [-0.1, -0.05) is 0 Å². The van der Waals surface area contributed by atoms with Gasteiger partial charge in [-0.05, 0) is 59.1 Å². The summed E-state index contributed by atoms with van der Waals surface area (Å²) in [5.74, 6) is 0.134. The first kappa shape index (κ1) is 14.8. The van der Waals surface area contributed by atoms with E-state index in [4.69, 9.17) is 0 Å². The molecule has 2 N–H and O–H groups in total. The number of nitrogens with zero attached hydrogens (tertiary/aromatic N) is 1. The molecule has 1 aromatic carbocycles. The lowest BCUT2D eigenvalue weighted by molar-refractivity contribution is 0.471. The summed E-state index contributed by atoms with van der Waals surface area (Å²) in [5.41, 5.74) is 1.67. The van der Waals surface area contributed by atoms with Gasteiger partial charge in [0.15, 0.2) is 0 Å². The topological polar surface area (TPSA) is 79.3 Å². The summed E-state index contributed by atoms with van der Waals surface area (Å²) in [6.07, 6.45) is 2.78. The number of benzene rings is 1. The van der Waals surface area contributed by atoms with E-state index in [0.717, 1.165) is 0 Å². The molecular weight excluding hydrogens is 344 g/mol. The molecule has 0 aliphatic carbocycles. The standard InChI is InChI=1S/C13H13BrN2O3S/c1-8-4-13(17)9(2)3-12(8)16-20(18,19)11-5-10(14)6-15-7-11/h3-7,16-17H,1-2H3. The molecule has 2 rings (SSSR count). The number of rotatable bonds is 3. The molecule has 0 unspecified atom stereocenters. The van der Waals surface area contributed by atoms with Gasteiger partial charge in [0.05, 0.1) is 5.69 Å². The maximum absolute atomic E-state index is 12.3. The highest BCUT2D eigenvalue weighted by atomic mass is 79.9. The van der Waals surface area contributed by atoms with E-state index in [1.54, 1.807) is 19.9 Å². The number of phenolic OH excluding ortho intramolecular Hbond substituents is 1. The summed E-state index contributed by atoms with van der Waals surface area (Å²) in [6, 6.07) is 4.58. The van der Waals surface area contributed by atoms with Crippen LogP contribution in [0.2, 0.25) is 0 Å². The maximum Gasteiger partial charge on any atom is 0.263 e. The first-order valence-electron chi connectivity index (χ1n) is 5.73. The number of halogens is 1. The second kappa shape index (κ2) is 5.41. The molecule has 20 heavy (non-hydrogen) atoms. The van der Waals surface area contributed by atoms with Crippen molar-refractivity contribution in [1.29, 1.82) is 0 Å². The van der Waals surface area contributed by atoms with Crippen LogP contribution in [0.3, 0.4) is 0 Å². The molecule has 0 aliphatic heterocycles. The number of aromatic nitrogens is 1. The molecule has 0 fully saturated rings. The fourth-order valence-corrected chi connectivity index (χ4v) is 3.28. The van der Waals surface area contributed by atoms with Gasteiger partial charge in [0.25, 0.3) is 10.0 Å². The van der Waals surface area contributed by atoms with E-state index in [0.29, 0.717) is 21.3 Å². The van der Waals surface area contributed by atoms with E-state index in [-0.39, 0.29) is 10.6 Å². The third kappa shape index (κ3) is 3.10. The van der Waals surface area contributed by atoms with Crippen LogP contribution >= 0.6 is 15.9 Å². The van der Waals surface area contributed by atoms with Gasteiger partial charge in [-0.15, -0.1) is 0 Å². The smallest absolute Gasteiger partial charge is 0.263 e. The fourth-order valence-electron chi connectivity index (χ4n) is 1.65. The van der Waals surface area contributed by atoms with Crippen LogP contribution < -0.4 is 4.72 Å². The van der Waals surface area contributed by atoms with Crippen LogP contribution in [0.15, 0.2) is 40.0 Å². The number of pyridine rings is 1. The SMILES string of the molecule is Cc1cc(NS(=O)(=O)c2cncc(Br)c2)c(C)cc1O. The number of nitrogens with one attached hydrogen (secondary N) is 1. The van der Waals surface area contributed by atoms with Gasteiger partial charge >= 0.3 is 0 Å². The van der Waals surface area contributed by atoms with Crippen molar-refractivity contribution in [2.24, 2.45) is 0 Å². The Labute approximate surface area is 125 Å². The van der Waals surface area contributed by atoms with Gasteiger partial charge in [0.1, 0.15) is 10.6 Å². The Morgan fingerprint density at radius 2 is 1.85 bits per heavy atom. The number of aromatic hydroxyl groups is 1. The zero-order chi connectivity index (χ0) is 14.9. The summed E-state index contributed by atoms with van der Waals surface area (Å²) in [7, 11) is -3.71. The molecule has 0 spiro atoms.